The number of aromatic nitrogens is 1. The van der Waals surface area contributed by atoms with Gasteiger partial charge in [-0.15, -0.1) is 11.3 Å². The zero-order valence-electron chi connectivity index (χ0n) is 13.6. The van der Waals surface area contributed by atoms with E-state index in [4.69, 9.17) is 4.98 Å². The van der Waals surface area contributed by atoms with Crippen LogP contribution in [0.3, 0.4) is 0 Å². The number of anilines is 2. The molecule has 0 aliphatic carbocycles. The fourth-order valence-electron chi connectivity index (χ4n) is 2.28. The van der Waals surface area contributed by atoms with Crippen LogP contribution in [0, 0.1) is 19.8 Å². The van der Waals surface area contributed by atoms with Crippen LogP contribution >= 0.6 is 11.3 Å². The van der Waals surface area contributed by atoms with Gasteiger partial charge in [0.25, 0.3) is 0 Å². The van der Waals surface area contributed by atoms with E-state index in [0.717, 1.165) is 23.9 Å². The lowest BCUT2D eigenvalue weighted by Crippen LogP contribution is -2.19. The summed E-state index contributed by atoms with van der Waals surface area (Å²) in [4.78, 5) is 6.89. The van der Waals surface area contributed by atoms with Gasteiger partial charge in [0.05, 0.1) is 5.69 Å². The summed E-state index contributed by atoms with van der Waals surface area (Å²) < 4.78 is 0. The first-order valence-corrected chi connectivity index (χ1v) is 8.31. The van der Waals surface area contributed by atoms with E-state index in [2.05, 4.69) is 68.5 Å². The van der Waals surface area contributed by atoms with Gasteiger partial charge in [0.2, 0.25) is 0 Å². The summed E-state index contributed by atoms with van der Waals surface area (Å²) in [6.45, 7) is 10.6. The zero-order valence-corrected chi connectivity index (χ0v) is 14.4. The van der Waals surface area contributed by atoms with Gasteiger partial charge in [-0.25, -0.2) is 4.98 Å². The van der Waals surface area contributed by atoms with Crippen molar-refractivity contribution in [2.24, 2.45) is 5.92 Å². The fourth-order valence-corrected chi connectivity index (χ4v) is 3.09. The van der Waals surface area contributed by atoms with E-state index >= 15 is 0 Å². The molecule has 2 aromatic rings. The minimum absolute atomic E-state index is 0.668. The summed E-state index contributed by atoms with van der Waals surface area (Å²) in [5.41, 5.74) is 4.88. The van der Waals surface area contributed by atoms with E-state index in [-0.39, 0.29) is 0 Å². The Labute approximate surface area is 132 Å². The molecule has 1 heterocycles. The monoisotopic (exact) mass is 303 g/mol. The average Bonchev–Trinajstić information content (AvgIpc) is 2.85. The summed E-state index contributed by atoms with van der Waals surface area (Å²) >= 11 is 1.70. The Kier molecular flexibility index (Phi) is 5.37. The quantitative estimate of drug-likeness (QED) is 0.863. The van der Waals surface area contributed by atoms with Crippen LogP contribution in [0.2, 0.25) is 0 Å². The second-order valence-corrected chi connectivity index (χ2v) is 6.89. The van der Waals surface area contributed by atoms with Crippen molar-refractivity contribution in [1.82, 2.24) is 10.3 Å². The third kappa shape index (κ3) is 4.55. The Bertz CT molecular complexity index is 569. The second-order valence-electron chi connectivity index (χ2n) is 6.05. The highest BCUT2D eigenvalue weighted by Gasteiger charge is 2.10. The summed E-state index contributed by atoms with van der Waals surface area (Å²) in [5, 5.41) is 6.62. The van der Waals surface area contributed by atoms with Gasteiger partial charge >= 0.3 is 0 Å². The molecular weight excluding hydrogens is 278 g/mol. The summed E-state index contributed by atoms with van der Waals surface area (Å²) in [6.07, 6.45) is 0. The molecule has 0 radical (unpaired) electrons. The maximum absolute atomic E-state index is 4.72. The number of hydrogen-bond donors (Lipinski definition) is 1. The van der Waals surface area contributed by atoms with Crippen molar-refractivity contribution >= 4 is 22.2 Å². The molecule has 1 aromatic heterocycles. The van der Waals surface area contributed by atoms with E-state index < -0.39 is 0 Å². The van der Waals surface area contributed by atoms with Crippen LogP contribution < -0.4 is 10.2 Å². The first-order chi connectivity index (χ1) is 9.95. The number of aryl methyl sites for hydroxylation is 2. The number of nitrogens with zero attached hydrogens (tertiary/aromatic N) is 2. The highest BCUT2D eigenvalue weighted by molar-refractivity contribution is 7.13. The third-order valence-electron chi connectivity index (χ3n) is 3.28. The molecule has 0 saturated carbocycles. The Balaban J connectivity index is 2.06. The van der Waals surface area contributed by atoms with E-state index in [1.807, 2.05) is 0 Å². The summed E-state index contributed by atoms with van der Waals surface area (Å²) in [7, 11) is 2.08. The van der Waals surface area contributed by atoms with Crippen molar-refractivity contribution in [3.8, 4) is 0 Å². The molecule has 0 aliphatic heterocycles. The normalized spacial score (nSPS) is 11.1. The SMILES string of the molecule is Cc1cc(C)cc(N(C)c2nc(CNCC(C)C)cs2)c1. The van der Waals surface area contributed by atoms with E-state index in [9.17, 15) is 0 Å². The first kappa shape index (κ1) is 16.0. The molecule has 0 spiro atoms. The number of benzene rings is 1. The predicted octanol–water partition coefficient (Wildman–Crippen LogP) is 4.27. The highest BCUT2D eigenvalue weighted by atomic mass is 32.1. The number of thiazole rings is 1. The lowest BCUT2D eigenvalue weighted by Gasteiger charge is -2.17. The van der Waals surface area contributed by atoms with Crippen molar-refractivity contribution in [1.29, 1.82) is 0 Å². The van der Waals surface area contributed by atoms with Crippen LogP contribution in [0.15, 0.2) is 23.6 Å². The molecular formula is C17H25N3S. The average molecular weight is 303 g/mol. The molecule has 0 atom stereocenters. The molecule has 0 amide bonds. The van der Waals surface area contributed by atoms with Crippen molar-refractivity contribution in [3.63, 3.8) is 0 Å². The van der Waals surface area contributed by atoms with Crippen molar-refractivity contribution in [3.05, 3.63) is 40.4 Å². The second kappa shape index (κ2) is 7.05. The van der Waals surface area contributed by atoms with Gasteiger partial charge in [-0.3, -0.25) is 0 Å². The number of rotatable bonds is 6. The van der Waals surface area contributed by atoms with Gasteiger partial charge < -0.3 is 10.2 Å². The maximum atomic E-state index is 4.72. The first-order valence-electron chi connectivity index (χ1n) is 7.43. The largest absolute Gasteiger partial charge is 0.321 e. The smallest absolute Gasteiger partial charge is 0.189 e. The van der Waals surface area contributed by atoms with E-state index in [0.29, 0.717) is 5.92 Å². The molecule has 1 aromatic carbocycles. The minimum atomic E-state index is 0.668. The van der Waals surface area contributed by atoms with Gasteiger partial charge in [0.15, 0.2) is 5.13 Å². The van der Waals surface area contributed by atoms with Gasteiger partial charge in [-0.2, -0.15) is 0 Å². The molecule has 4 heteroatoms. The molecule has 1 N–H and O–H groups in total. The van der Waals surface area contributed by atoms with E-state index in [1.54, 1.807) is 11.3 Å². The maximum Gasteiger partial charge on any atom is 0.189 e. The molecule has 3 nitrogen and oxygen atoms in total. The van der Waals surface area contributed by atoms with Crippen LogP contribution in [0.1, 0.15) is 30.7 Å². The Morgan fingerprint density at radius 2 is 1.86 bits per heavy atom. The molecule has 0 bridgehead atoms. The van der Waals surface area contributed by atoms with Crippen LogP contribution in [0.25, 0.3) is 0 Å². The van der Waals surface area contributed by atoms with Crippen LogP contribution in [-0.2, 0) is 6.54 Å². The fraction of sp³-hybridized carbons (Fsp3) is 0.471. The molecule has 114 valence electrons. The third-order valence-corrected chi connectivity index (χ3v) is 4.24. The van der Waals surface area contributed by atoms with Gasteiger partial charge in [0, 0.05) is 24.7 Å². The Hall–Kier alpha value is -1.39. The van der Waals surface area contributed by atoms with Crippen LogP contribution in [-0.4, -0.2) is 18.6 Å². The molecule has 0 fully saturated rings. The Morgan fingerprint density at radius 1 is 1.19 bits per heavy atom. The predicted molar refractivity (Wildman–Crippen MR) is 92.6 cm³/mol. The number of hydrogen-bond acceptors (Lipinski definition) is 4. The zero-order chi connectivity index (χ0) is 15.4. The molecule has 0 unspecified atom stereocenters. The summed E-state index contributed by atoms with van der Waals surface area (Å²) in [6, 6.07) is 6.59. The molecule has 0 aliphatic rings. The van der Waals surface area contributed by atoms with Gasteiger partial charge in [-0.05, 0) is 49.6 Å². The van der Waals surface area contributed by atoms with Crippen LogP contribution in [0.4, 0.5) is 10.8 Å². The highest BCUT2D eigenvalue weighted by Crippen LogP contribution is 2.28. The van der Waals surface area contributed by atoms with Crippen molar-refractivity contribution in [2.75, 3.05) is 18.5 Å². The van der Waals surface area contributed by atoms with Gasteiger partial charge in [-0.1, -0.05) is 19.9 Å². The topological polar surface area (TPSA) is 28.2 Å². The molecule has 0 saturated heterocycles. The standard InChI is InChI=1S/C17H25N3S/c1-12(2)9-18-10-15-11-21-17(19-15)20(5)16-7-13(3)6-14(4)8-16/h6-8,11-12,18H,9-10H2,1-5H3. The molecule has 21 heavy (non-hydrogen) atoms. The Morgan fingerprint density at radius 3 is 2.48 bits per heavy atom. The number of nitrogens with one attached hydrogen (secondary N) is 1. The molecule has 2 rings (SSSR count). The lowest BCUT2D eigenvalue weighted by atomic mass is 10.1. The van der Waals surface area contributed by atoms with Crippen molar-refractivity contribution in [2.45, 2.75) is 34.2 Å². The lowest BCUT2D eigenvalue weighted by molar-refractivity contribution is 0.549. The van der Waals surface area contributed by atoms with E-state index in [1.165, 1.54) is 16.8 Å². The minimum Gasteiger partial charge on any atom is -0.321 e. The van der Waals surface area contributed by atoms with Gasteiger partial charge in [0.1, 0.15) is 0 Å². The van der Waals surface area contributed by atoms with Crippen LogP contribution in [0.5, 0.6) is 0 Å². The summed E-state index contributed by atoms with van der Waals surface area (Å²) in [5.74, 6) is 0.668. The van der Waals surface area contributed by atoms with Crippen molar-refractivity contribution < 1.29 is 0 Å².